The lowest BCUT2D eigenvalue weighted by Gasteiger charge is -2.35. The highest BCUT2D eigenvalue weighted by molar-refractivity contribution is 8.01. The molecule has 0 radical (unpaired) electrons. The van der Waals surface area contributed by atoms with Crippen LogP contribution in [0.1, 0.15) is 11.6 Å². The highest BCUT2D eigenvalue weighted by atomic mass is 32.2. The summed E-state index contributed by atoms with van der Waals surface area (Å²) in [7, 11) is 0. The van der Waals surface area contributed by atoms with Crippen molar-refractivity contribution in [2.75, 3.05) is 11.6 Å². The van der Waals surface area contributed by atoms with Gasteiger partial charge in [-0.15, -0.1) is 0 Å². The Morgan fingerprint density at radius 1 is 1.11 bits per heavy atom. The Balaban J connectivity index is 1.43. The molecule has 2 aromatic carbocycles. The van der Waals surface area contributed by atoms with Crippen molar-refractivity contribution >= 4 is 29.0 Å². The molecular formula is C21H18N4O2S. The van der Waals surface area contributed by atoms with Crippen LogP contribution in [-0.4, -0.2) is 22.8 Å². The van der Waals surface area contributed by atoms with Crippen LogP contribution in [0.25, 0.3) is 0 Å². The summed E-state index contributed by atoms with van der Waals surface area (Å²) in [5, 5.41) is 3.99. The Labute approximate surface area is 166 Å². The minimum atomic E-state index is -0.326. The summed E-state index contributed by atoms with van der Waals surface area (Å²) in [6.45, 7) is 0.588. The van der Waals surface area contributed by atoms with E-state index in [1.165, 1.54) is 11.8 Å². The maximum absolute atomic E-state index is 11.8. The summed E-state index contributed by atoms with van der Waals surface area (Å²) in [5.41, 5.74) is 8.73. The van der Waals surface area contributed by atoms with Gasteiger partial charge in [-0.1, -0.05) is 30.0 Å². The first kappa shape index (κ1) is 17.1. The summed E-state index contributed by atoms with van der Waals surface area (Å²) in [6, 6.07) is 19.6. The van der Waals surface area contributed by atoms with E-state index in [-0.39, 0.29) is 17.2 Å². The number of amides is 1. The molecule has 0 spiro atoms. The van der Waals surface area contributed by atoms with Gasteiger partial charge in [0.25, 0.3) is 0 Å². The molecule has 0 aliphatic carbocycles. The van der Waals surface area contributed by atoms with Gasteiger partial charge in [-0.05, 0) is 42.5 Å². The van der Waals surface area contributed by atoms with Gasteiger partial charge in [0.1, 0.15) is 21.8 Å². The number of hydrogen-bond donors (Lipinski definition) is 2. The molecule has 3 N–H and O–H groups in total. The normalized spacial score (nSPS) is 19.9. The second kappa shape index (κ2) is 6.85. The lowest BCUT2D eigenvalue weighted by molar-refractivity contribution is -0.117. The third-order valence-corrected chi connectivity index (χ3v) is 6.26. The number of hydrogen-bond acceptors (Lipinski definition) is 6. The van der Waals surface area contributed by atoms with E-state index in [0.29, 0.717) is 6.67 Å². The van der Waals surface area contributed by atoms with Gasteiger partial charge in [-0.25, -0.2) is 4.98 Å². The summed E-state index contributed by atoms with van der Waals surface area (Å²) in [6.07, 6.45) is 1.78. The zero-order valence-electron chi connectivity index (χ0n) is 14.9. The third kappa shape index (κ3) is 2.89. The van der Waals surface area contributed by atoms with E-state index in [1.807, 2.05) is 60.7 Å². The fourth-order valence-electron chi connectivity index (χ4n) is 3.66. The molecule has 5 rings (SSSR count). The highest BCUT2D eigenvalue weighted by Crippen LogP contribution is 2.49. The first-order valence-electron chi connectivity index (χ1n) is 8.99. The van der Waals surface area contributed by atoms with Crippen molar-refractivity contribution in [1.82, 2.24) is 10.3 Å². The molecule has 3 aromatic rings. The number of aromatic nitrogens is 1. The van der Waals surface area contributed by atoms with Crippen LogP contribution in [0.5, 0.6) is 11.5 Å². The molecule has 1 aromatic heterocycles. The largest absolute Gasteiger partial charge is 0.457 e. The van der Waals surface area contributed by atoms with Crippen LogP contribution in [-0.2, 0) is 4.79 Å². The van der Waals surface area contributed by atoms with Crippen molar-refractivity contribution in [2.45, 2.75) is 16.3 Å². The quantitative estimate of drug-likeness (QED) is 0.709. The third-order valence-electron chi connectivity index (χ3n) is 4.95. The molecule has 2 atom stereocenters. The van der Waals surface area contributed by atoms with Gasteiger partial charge in [-0.2, -0.15) is 0 Å². The van der Waals surface area contributed by atoms with Gasteiger partial charge in [0, 0.05) is 17.4 Å². The van der Waals surface area contributed by atoms with E-state index in [2.05, 4.69) is 15.2 Å². The summed E-state index contributed by atoms with van der Waals surface area (Å²) >= 11 is 1.44. The molecule has 28 heavy (non-hydrogen) atoms. The molecule has 1 amide bonds. The number of thioether (sulfide) groups is 1. The van der Waals surface area contributed by atoms with Crippen LogP contribution in [0.2, 0.25) is 0 Å². The van der Waals surface area contributed by atoms with Crippen molar-refractivity contribution in [2.24, 2.45) is 5.73 Å². The number of carbonyl (C=O) groups excluding carboxylic acids is 1. The first-order chi connectivity index (χ1) is 13.7. The number of rotatable bonds is 4. The highest BCUT2D eigenvalue weighted by Gasteiger charge is 2.42. The molecular weight excluding hydrogens is 372 g/mol. The average molecular weight is 390 g/mol. The number of nitrogens with zero attached hydrogens (tertiary/aromatic N) is 2. The van der Waals surface area contributed by atoms with Gasteiger partial charge in [-0.3, -0.25) is 10.1 Å². The number of carbonyl (C=O) groups is 1. The van der Waals surface area contributed by atoms with Gasteiger partial charge < -0.3 is 15.4 Å². The van der Waals surface area contributed by atoms with Gasteiger partial charge in [0.2, 0.25) is 5.91 Å². The molecule has 2 aliphatic heterocycles. The standard InChI is InChI=1S/C21H18N4O2S/c22-20(26)19-18-17-16(10-11-23-21(17)28-19)25(12-24-18)13-6-8-15(9-7-13)27-14-4-2-1-3-5-14/h1-11,18-19,24H,12H2,(H2,22,26). The Hall–Kier alpha value is -3.03. The molecule has 7 heteroatoms. The molecule has 0 fully saturated rings. The maximum atomic E-state index is 11.8. The van der Waals surface area contributed by atoms with Crippen LogP contribution >= 0.6 is 11.8 Å². The Morgan fingerprint density at radius 3 is 2.61 bits per heavy atom. The Kier molecular flexibility index (Phi) is 4.18. The van der Waals surface area contributed by atoms with Crippen molar-refractivity contribution in [3.05, 3.63) is 72.4 Å². The second-order valence-corrected chi connectivity index (χ2v) is 7.80. The molecule has 3 heterocycles. The van der Waals surface area contributed by atoms with E-state index in [1.54, 1.807) is 6.20 Å². The van der Waals surface area contributed by atoms with Crippen molar-refractivity contribution < 1.29 is 9.53 Å². The van der Waals surface area contributed by atoms with Crippen LogP contribution in [0.4, 0.5) is 11.4 Å². The number of ether oxygens (including phenoxy) is 1. The van der Waals surface area contributed by atoms with Crippen LogP contribution in [0, 0.1) is 0 Å². The van der Waals surface area contributed by atoms with Gasteiger partial charge in [0.05, 0.1) is 18.4 Å². The zero-order chi connectivity index (χ0) is 19.1. The zero-order valence-corrected chi connectivity index (χ0v) is 15.7. The molecule has 0 saturated carbocycles. The molecule has 140 valence electrons. The van der Waals surface area contributed by atoms with Crippen molar-refractivity contribution in [3.8, 4) is 11.5 Å². The summed E-state index contributed by atoms with van der Waals surface area (Å²) in [4.78, 5) is 18.4. The SMILES string of the molecule is NC(=O)C1Sc2nccc3c2C1NCN3c1ccc(Oc2ccccc2)cc1. The number of nitrogens with one attached hydrogen (secondary N) is 1. The Morgan fingerprint density at radius 2 is 1.86 bits per heavy atom. The minimum Gasteiger partial charge on any atom is -0.457 e. The number of anilines is 2. The molecule has 6 nitrogen and oxygen atoms in total. The monoisotopic (exact) mass is 390 g/mol. The second-order valence-electron chi connectivity index (χ2n) is 6.67. The number of pyridine rings is 1. The Bertz CT molecular complexity index is 1030. The van der Waals surface area contributed by atoms with E-state index >= 15 is 0 Å². The number of nitrogens with two attached hydrogens (primary N) is 1. The number of benzene rings is 2. The topological polar surface area (TPSA) is 80.5 Å². The molecule has 0 bridgehead atoms. The fraction of sp³-hybridized carbons (Fsp3) is 0.143. The van der Waals surface area contributed by atoms with Crippen LogP contribution in [0.3, 0.4) is 0 Å². The van der Waals surface area contributed by atoms with Crippen LogP contribution < -0.4 is 20.7 Å². The van der Waals surface area contributed by atoms with Gasteiger partial charge >= 0.3 is 0 Å². The minimum absolute atomic E-state index is 0.0989. The average Bonchev–Trinajstić information content (AvgIpc) is 3.11. The smallest absolute Gasteiger partial charge is 0.232 e. The maximum Gasteiger partial charge on any atom is 0.232 e. The molecule has 0 saturated heterocycles. The van der Waals surface area contributed by atoms with E-state index in [4.69, 9.17) is 10.5 Å². The number of primary amides is 1. The summed E-state index contributed by atoms with van der Waals surface area (Å²) < 4.78 is 5.88. The summed E-state index contributed by atoms with van der Waals surface area (Å²) in [5.74, 6) is 1.27. The lowest BCUT2D eigenvalue weighted by Crippen LogP contribution is -2.44. The number of para-hydroxylation sites is 1. The first-order valence-corrected chi connectivity index (χ1v) is 9.87. The van der Waals surface area contributed by atoms with E-state index in [0.717, 1.165) is 33.5 Å². The van der Waals surface area contributed by atoms with Gasteiger partial charge in [0.15, 0.2) is 0 Å². The fourth-order valence-corrected chi connectivity index (χ4v) is 4.87. The van der Waals surface area contributed by atoms with E-state index in [9.17, 15) is 4.79 Å². The molecule has 2 unspecified atom stereocenters. The predicted molar refractivity (Wildman–Crippen MR) is 109 cm³/mol. The molecule has 2 aliphatic rings. The van der Waals surface area contributed by atoms with Crippen molar-refractivity contribution in [3.63, 3.8) is 0 Å². The van der Waals surface area contributed by atoms with Crippen molar-refractivity contribution in [1.29, 1.82) is 0 Å². The predicted octanol–water partition coefficient (Wildman–Crippen LogP) is 3.57. The van der Waals surface area contributed by atoms with Crippen LogP contribution in [0.15, 0.2) is 71.9 Å². The van der Waals surface area contributed by atoms with E-state index < -0.39 is 0 Å². The lowest BCUT2D eigenvalue weighted by atomic mass is 10.0.